The van der Waals surface area contributed by atoms with Crippen LogP contribution in [0.25, 0.3) is 10.2 Å². The first kappa shape index (κ1) is 19.3. The third-order valence-electron chi connectivity index (χ3n) is 4.15. The summed E-state index contributed by atoms with van der Waals surface area (Å²) in [5, 5.41) is 3.25. The zero-order valence-electron chi connectivity index (χ0n) is 15.4. The second-order valence-electron chi connectivity index (χ2n) is 6.16. The Morgan fingerprint density at radius 2 is 1.85 bits per heavy atom. The van der Waals surface area contributed by atoms with Crippen LogP contribution in [0.5, 0.6) is 0 Å². The van der Waals surface area contributed by atoms with Crippen LogP contribution in [0.15, 0.2) is 41.3 Å². The van der Waals surface area contributed by atoms with E-state index in [0.717, 1.165) is 27.8 Å². The minimum atomic E-state index is -3.68. The Kier molecular flexibility index (Phi) is 5.48. The fourth-order valence-corrected chi connectivity index (χ4v) is 4.67. The summed E-state index contributed by atoms with van der Waals surface area (Å²) >= 11 is 1.32. The lowest BCUT2D eigenvalue weighted by atomic mass is 10.2. The summed E-state index contributed by atoms with van der Waals surface area (Å²) in [4.78, 5) is 16.2. The van der Waals surface area contributed by atoms with E-state index in [2.05, 4.69) is 15.0 Å². The van der Waals surface area contributed by atoms with Gasteiger partial charge in [-0.3, -0.25) is 9.52 Å². The van der Waals surface area contributed by atoms with E-state index in [-0.39, 0.29) is 10.8 Å². The largest absolute Gasteiger partial charge is 0.302 e. The molecule has 8 heteroatoms. The molecule has 0 saturated heterocycles. The molecule has 6 nitrogen and oxygen atoms in total. The zero-order valence-corrected chi connectivity index (χ0v) is 17.0. The van der Waals surface area contributed by atoms with Crippen LogP contribution in [0, 0.1) is 6.92 Å². The third kappa shape index (κ3) is 4.28. The standard InChI is InChI=1S/C19H21N3O3S2/c1-4-13-6-8-15(9-7-13)27(24,25)22-14-10-12(3)18-16(11-14)26-19(21-18)20-17(23)5-2/h6-11,22H,4-5H2,1-3H3,(H,20,21,23). The number of fused-ring (bicyclic) bond motifs is 1. The van der Waals surface area contributed by atoms with Gasteiger partial charge in [-0.05, 0) is 48.7 Å². The van der Waals surface area contributed by atoms with Gasteiger partial charge in [0.05, 0.1) is 20.8 Å². The number of carbonyl (C=O) groups is 1. The monoisotopic (exact) mass is 403 g/mol. The Bertz CT molecular complexity index is 1090. The van der Waals surface area contributed by atoms with Crippen molar-refractivity contribution >= 4 is 48.3 Å². The van der Waals surface area contributed by atoms with Crippen molar-refractivity contribution in [2.75, 3.05) is 10.0 Å². The SMILES string of the molecule is CCC(=O)Nc1nc2c(C)cc(NS(=O)(=O)c3ccc(CC)cc3)cc2s1. The highest BCUT2D eigenvalue weighted by atomic mass is 32.2. The lowest BCUT2D eigenvalue weighted by Gasteiger charge is -2.09. The first-order valence-electron chi connectivity index (χ1n) is 8.65. The van der Waals surface area contributed by atoms with Crippen LogP contribution in [-0.2, 0) is 21.2 Å². The number of nitrogens with one attached hydrogen (secondary N) is 2. The normalized spacial score (nSPS) is 11.5. The number of nitrogens with zero attached hydrogens (tertiary/aromatic N) is 1. The summed E-state index contributed by atoms with van der Waals surface area (Å²) < 4.78 is 28.8. The number of aryl methyl sites for hydroxylation is 2. The molecule has 0 aliphatic rings. The van der Waals surface area contributed by atoms with E-state index >= 15 is 0 Å². The molecular formula is C19H21N3O3S2. The smallest absolute Gasteiger partial charge is 0.261 e. The molecule has 0 saturated carbocycles. The molecule has 1 amide bonds. The minimum Gasteiger partial charge on any atom is -0.302 e. The van der Waals surface area contributed by atoms with Crippen molar-refractivity contribution in [3.8, 4) is 0 Å². The fraction of sp³-hybridized carbons (Fsp3) is 0.263. The molecule has 0 atom stereocenters. The molecule has 0 unspecified atom stereocenters. The van der Waals surface area contributed by atoms with Gasteiger partial charge >= 0.3 is 0 Å². The molecule has 2 N–H and O–H groups in total. The molecule has 0 aliphatic heterocycles. The van der Waals surface area contributed by atoms with Gasteiger partial charge in [-0.1, -0.05) is 37.3 Å². The Morgan fingerprint density at radius 3 is 2.48 bits per heavy atom. The topological polar surface area (TPSA) is 88.2 Å². The van der Waals surface area contributed by atoms with Crippen LogP contribution < -0.4 is 10.0 Å². The van der Waals surface area contributed by atoms with Gasteiger partial charge in [0.25, 0.3) is 10.0 Å². The van der Waals surface area contributed by atoms with Crippen molar-refractivity contribution in [1.29, 1.82) is 0 Å². The first-order chi connectivity index (χ1) is 12.8. The van der Waals surface area contributed by atoms with E-state index in [4.69, 9.17) is 0 Å². The molecule has 0 aliphatic carbocycles. The van der Waals surface area contributed by atoms with Crippen molar-refractivity contribution in [3.05, 3.63) is 47.5 Å². The summed E-state index contributed by atoms with van der Waals surface area (Å²) in [5.74, 6) is -0.108. The van der Waals surface area contributed by atoms with E-state index in [1.807, 2.05) is 26.0 Å². The zero-order chi connectivity index (χ0) is 19.6. The Balaban J connectivity index is 1.90. The van der Waals surface area contributed by atoms with Crippen LogP contribution in [0.2, 0.25) is 0 Å². The number of aromatic nitrogens is 1. The van der Waals surface area contributed by atoms with Crippen LogP contribution in [0.4, 0.5) is 10.8 Å². The molecule has 27 heavy (non-hydrogen) atoms. The molecule has 1 aromatic heterocycles. The van der Waals surface area contributed by atoms with Crippen LogP contribution >= 0.6 is 11.3 Å². The molecule has 0 spiro atoms. The first-order valence-corrected chi connectivity index (χ1v) is 10.9. The van der Waals surface area contributed by atoms with Crippen LogP contribution in [0.1, 0.15) is 31.4 Å². The van der Waals surface area contributed by atoms with Gasteiger partial charge in [-0.15, -0.1) is 0 Å². The number of thiazole rings is 1. The molecule has 142 valence electrons. The maximum Gasteiger partial charge on any atom is 0.261 e. The summed E-state index contributed by atoms with van der Waals surface area (Å²) in [6.07, 6.45) is 1.22. The summed E-state index contributed by atoms with van der Waals surface area (Å²) in [6.45, 7) is 5.65. The maximum atomic E-state index is 12.7. The van der Waals surface area contributed by atoms with Gasteiger partial charge in [0.1, 0.15) is 0 Å². The average molecular weight is 404 g/mol. The summed E-state index contributed by atoms with van der Waals surface area (Å²) in [6, 6.07) is 10.3. The highest BCUT2D eigenvalue weighted by molar-refractivity contribution is 7.92. The molecule has 3 rings (SSSR count). The molecule has 3 aromatic rings. The number of rotatable bonds is 6. The molecule has 0 radical (unpaired) electrons. The van der Waals surface area contributed by atoms with Crippen molar-refractivity contribution in [1.82, 2.24) is 4.98 Å². The lowest BCUT2D eigenvalue weighted by Crippen LogP contribution is -2.13. The maximum absolute atomic E-state index is 12.7. The van der Waals surface area contributed by atoms with Crippen molar-refractivity contribution in [3.63, 3.8) is 0 Å². The van der Waals surface area contributed by atoms with Crippen molar-refractivity contribution in [2.45, 2.75) is 38.5 Å². The fourth-order valence-electron chi connectivity index (χ4n) is 2.64. The summed E-state index contributed by atoms with van der Waals surface area (Å²) in [5.41, 5.74) is 3.13. The molecule has 1 heterocycles. The van der Waals surface area contributed by atoms with E-state index < -0.39 is 10.0 Å². The van der Waals surface area contributed by atoms with Gasteiger partial charge in [-0.2, -0.15) is 0 Å². The second-order valence-corrected chi connectivity index (χ2v) is 8.88. The third-order valence-corrected chi connectivity index (χ3v) is 6.46. The Morgan fingerprint density at radius 1 is 1.15 bits per heavy atom. The van der Waals surface area contributed by atoms with E-state index in [0.29, 0.717) is 17.2 Å². The molecule has 0 bridgehead atoms. The van der Waals surface area contributed by atoms with Gasteiger partial charge in [0, 0.05) is 6.42 Å². The number of hydrogen-bond acceptors (Lipinski definition) is 5. The van der Waals surface area contributed by atoms with Gasteiger partial charge < -0.3 is 5.32 Å². The molecule has 2 aromatic carbocycles. The molecule has 0 fully saturated rings. The van der Waals surface area contributed by atoms with Gasteiger partial charge in [-0.25, -0.2) is 13.4 Å². The number of benzene rings is 2. The highest BCUT2D eigenvalue weighted by Gasteiger charge is 2.16. The quantitative estimate of drug-likeness (QED) is 0.642. The van der Waals surface area contributed by atoms with E-state index in [9.17, 15) is 13.2 Å². The lowest BCUT2D eigenvalue weighted by molar-refractivity contribution is -0.115. The number of anilines is 2. The summed E-state index contributed by atoms with van der Waals surface area (Å²) in [7, 11) is -3.68. The second kappa shape index (κ2) is 7.66. The Hall–Kier alpha value is -2.45. The van der Waals surface area contributed by atoms with E-state index in [1.165, 1.54) is 11.3 Å². The van der Waals surface area contributed by atoms with Gasteiger partial charge in [0.2, 0.25) is 5.91 Å². The average Bonchev–Trinajstić information content (AvgIpc) is 3.04. The number of carbonyl (C=O) groups excluding carboxylic acids is 1. The number of amides is 1. The predicted molar refractivity (Wildman–Crippen MR) is 110 cm³/mol. The predicted octanol–water partition coefficient (Wildman–Crippen LogP) is 4.32. The van der Waals surface area contributed by atoms with Crippen LogP contribution in [0.3, 0.4) is 0 Å². The van der Waals surface area contributed by atoms with Gasteiger partial charge in [0.15, 0.2) is 5.13 Å². The van der Waals surface area contributed by atoms with E-state index in [1.54, 1.807) is 31.2 Å². The number of hydrogen-bond donors (Lipinski definition) is 2. The van der Waals surface area contributed by atoms with Crippen molar-refractivity contribution in [2.24, 2.45) is 0 Å². The number of sulfonamides is 1. The molecular weight excluding hydrogens is 382 g/mol. The Labute approximate surface area is 162 Å². The highest BCUT2D eigenvalue weighted by Crippen LogP contribution is 2.32. The van der Waals surface area contributed by atoms with Crippen LogP contribution in [-0.4, -0.2) is 19.3 Å². The van der Waals surface area contributed by atoms with Crippen molar-refractivity contribution < 1.29 is 13.2 Å². The minimum absolute atomic E-state index is 0.108.